The average Bonchev–Trinajstić information content (AvgIpc) is 2.90. The smallest absolute Gasteiger partial charge is 0.162 e. The van der Waals surface area contributed by atoms with Crippen LogP contribution in [0.15, 0.2) is 30.3 Å². The summed E-state index contributed by atoms with van der Waals surface area (Å²) in [4.78, 5) is 0. The Labute approximate surface area is 217 Å². The Balaban J connectivity index is 1.28. The highest BCUT2D eigenvalue weighted by molar-refractivity contribution is 5.32. The number of halogens is 3. The van der Waals surface area contributed by atoms with Crippen LogP contribution in [-0.4, -0.2) is 0 Å². The van der Waals surface area contributed by atoms with Gasteiger partial charge in [0.25, 0.3) is 0 Å². The quantitative estimate of drug-likeness (QED) is 0.306. The minimum absolute atomic E-state index is 0.0698. The maximum absolute atomic E-state index is 15.2. The minimum Gasteiger partial charge on any atom is -0.207 e. The molecule has 0 aromatic heterocycles. The fourth-order valence-electron chi connectivity index (χ4n) is 6.83. The predicted octanol–water partition coefficient (Wildman–Crippen LogP) is 10.4. The molecule has 198 valence electrons. The average molecular weight is 499 g/mol. The third kappa shape index (κ3) is 6.75. The van der Waals surface area contributed by atoms with E-state index in [-0.39, 0.29) is 17.7 Å². The van der Waals surface area contributed by atoms with Gasteiger partial charge in [-0.05, 0) is 129 Å². The van der Waals surface area contributed by atoms with Crippen LogP contribution in [-0.2, 0) is 12.8 Å². The molecule has 2 aliphatic rings. The van der Waals surface area contributed by atoms with Crippen molar-refractivity contribution in [2.24, 2.45) is 11.8 Å². The first kappa shape index (κ1) is 27.3. The molecule has 0 nitrogen and oxygen atoms in total. The molecule has 0 saturated heterocycles. The molecule has 4 rings (SSSR count). The Morgan fingerprint density at radius 2 is 1.19 bits per heavy atom. The van der Waals surface area contributed by atoms with Gasteiger partial charge < -0.3 is 0 Å². The van der Waals surface area contributed by atoms with Crippen molar-refractivity contribution in [2.45, 2.75) is 122 Å². The summed E-state index contributed by atoms with van der Waals surface area (Å²) in [6.45, 7) is 4.35. The number of rotatable bonds is 10. The zero-order chi connectivity index (χ0) is 25.5. The largest absolute Gasteiger partial charge is 0.207 e. The molecule has 2 aromatic carbocycles. The summed E-state index contributed by atoms with van der Waals surface area (Å²) < 4.78 is 44.7. The highest BCUT2D eigenvalue weighted by Gasteiger charge is 2.29. The highest BCUT2D eigenvalue weighted by Crippen LogP contribution is 2.42. The molecule has 0 heterocycles. The molecule has 2 aliphatic carbocycles. The Kier molecular flexibility index (Phi) is 9.96. The second-order valence-electron chi connectivity index (χ2n) is 11.7. The third-order valence-electron chi connectivity index (χ3n) is 9.17. The summed E-state index contributed by atoms with van der Waals surface area (Å²) in [6.07, 6.45) is 15.4. The van der Waals surface area contributed by atoms with Crippen LogP contribution in [0.4, 0.5) is 13.2 Å². The van der Waals surface area contributed by atoms with E-state index in [1.807, 2.05) is 18.2 Å². The zero-order valence-corrected chi connectivity index (χ0v) is 22.4. The Bertz CT molecular complexity index is 965. The van der Waals surface area contributed by atoms with Gasteiger partial charge in [0.05, 0.1) is 0 Å². The lowest BCUT2D eigenvalue weighted by Crippen LogP contribution is -2.17. The molecule has 0 radical (unpaired) electrons. The Morgan fingerprint density at radius 1 is 0.639 bits per heavy atom. The molecule has 0 aliphatic heterocycles. The predicted molar refractivity (Wildman–Crippen MR) is 144 cm³/mol. The van der Waals surface area contributed by atoms with E-state index in [9.17, 15) is 4.39 Å². The molecule has 2 fully saturated rings. The van der Waals surface area contributed by atoms with Crippen molar-refractivity contribution in [3.05, 3.63) is 70.0 Å². The van der Waals surface area contributed by atoms with Gasteiger partial charge in [-0.1, -0.05) is 57.4 Å². The van der Waals surface area contributed by atoms with Crippen LogP contribution in [0.3, 0.4) is 0 Å². The lowest BCUT2D eigenvalue weighted by Gasteiger charge is -2.31. The van der Waals surface area contributed by atoms with Gasteiger partial charge in [0.1, 0.15) is 5.82 Å². The number of hydrogen-bond donors (Lipinski definition) is 0. The van der Waals surface area contributed by atoms with E-state index in [1.54, 1.807) is 6.07 Å². The van der Waals surface area contributed by atoms with Crippen LogP contribution in [0.5, 0.6) is 0 Å². The maximum atomic E-state index is 15.2. The normalized spacial score (nSPS) is 24.7. The van der Waals surface area contributed by atoms with Gasteiger partial charge in [0.2, 0.25) is 0 Å². The molecule has 0 unspecified atom stereocenters. The summed E-state index contributed by atoms with van der Waals surface area (Å²) in [5.74, 6) is 0.374. The van der Waals surface area contributed by atoms with Crippen LogP contribution >= 0.6 is 0 Å². The van der Waals surface area contributed by atoms with E-state index in [0.29, 0.717) is 17.0 Å². The zero-order valence-electron chi connectivity index (χ0n) is 22.4. The molecule has 36 heavy (non-hydrogen) atoms. The van der Waals surface area contributed by atoms with Gasteiger partial charge in [0, 0.05) is 0 Å². The summed E-state index contributed by atoms with van der Waals surface area (Å²) >= 11 is 0. The van der Waals surface area contributed by atoms with Crippen LogP contribution in [0, 0.1) is 29.3 Å². The SMILES string of the molecule is CCCCc1ccc(CCC2CCC(c3ccc(C4CCC(CCC)CC4)c(F)c3F)CC2)cc1F. The first-order valence-corrected chi connectivity index (χ1v) is 14.7. The van der Waals surface area contributed by atoms with E-state index in [0.717, 1.165) is 101 Å². The summed E-state index contributed by atoms with van der Waals surface area (Å²) in [7, 11) is 0. The molecule has 0 spiro atoms. The second-order valence-corrected chi connectivity index (χ2v) is 11.7. The van der Waals surface area contributed by atoms with Gasteiger partial charge >= 0.3 is 0 Å². The standard InChI is InChI=1S/C33H45F3/c1-3-5-7-28-19-14-25(22-31(28)34)9-8-24-12-17-27(18-13-24)30-21-20-29(32(35)33(30)36)26-15-10-23(6-4-2)11-16-26/h14,19-24,26-27H,3-13,15-18H2,1-2H3. The summed E-state index contributed by atoms with van der Waals surface area (Å²) in [6, 6.07) is 9.53. The molecule has 3 heteroatoms. The monoisotopic (exact) mass is 498 g/mol. The molecular formula is C33H45F3. The van der Waals surface area contributed by atoms with Crippen molar-refractivity contribution in [3.8, 4) is 0 Å². The molecule has 2 aromatic rings. The van der Waals surface area contributed by atoms with Crippen molar-refractivity contribution in [1.29, 1.82) is 0 Å². The van der Waals surface area contributed by atoms with E-state index in [4.69, 9.17) is 0 Å². The number of hydrogen-bond acceptors (Lipinski definition) is 0. The van der Waals surface area contributed by atoms with Gasteiger partial charge in [-0.2, -0.15) is 0 Å². The summed E-state index contributed by atoms with van der Waals surface area (Å²) in [5, 5.41) is 0. The van der Waals surface area contributed by atoms with Crippen molar-refractivity contribution in [2.75, 3.05) is 0 Å². The maximum Gasteiger partial charge on any atom is 0.162 e. The number of benzene rings is 2. The van der Waals surface area contributed by atoms with E-state index in [1.165, 1.54) is 12.8 Å². The van der Waals surface area contributed by atoms with E-state index in [2.05, 4.69) is 19.9 Å². The minimum atomic E-state index is -0.592. The fraction of sp³-hybridized carbons (Fsp3) is 0.636. The van der Waals surface area contributed by atoms with Crippen LogP contribution in [0.1, 0.15) is 131 Å². The highest BCUT2D eigenvalue weighted by atomic mass is 19.2. The van der Waals surface area contributed by atoms with Crippen LogP contribution in [0.2, 0.25) is 0 Å². The second kappa shape index (κ2) is 13.2. The van der Waals surface area contributed by atoms with Crippen LogP contribution < -0.4 is 0 Å². The van der Waals surface area contributed by atoms with Crippen molar-refractivity contribution in [3.63, 3.8) is 0 Å². The lowest BCUT2D eigenvalue weighted by atomic mass is 9.75. The van der Waals surface area contributed by atoms with Crippen LogP contribution in [0.25, 0.3) is 0 Å². The topological polar surface area (TPSA) is 0 Å². The van der Waals surface area contributed by atoms with Gasteiger partial charge in [-0.25, -0.2) is 13.2 Å². The fourth-order valence-corrected chi connectivity index (χ4v) is 6.83. The third-order valence-corrected chi connectivity index (χ3v) is 9.17. The number of aryl methyl sites for hydroxylation is 2. The van der Waals surface area contributed by atoms with Crippen molar-refractivity contribution >= 4 is 0 Å². The Morgan fingerprint density at radius 3 is 1.69 bits per heavy atom. The van der Waals surface area contributed by atoms with E-state index >= 15 is 8.78 Å². The molecule has 2 saturated carbocycles. The van der Waals surface area contributed by atoms with E-state index < -0.39 is 11.6 Å². The van der Waals surface area contributed by atoms with Gasteiger partial charge in [0.15, 0.2) is 11.6 Å². The van der Waals surface area contributed by atoms with Crippen molar-refractivity contribution < 1.29 is 13.2 Å². The molecule has 0 bridgehead atoms. The number of unbranched alkanes of at least 4 members (excludes halogenated alkanes) is 1. The first-order chi connectivity index (χ1) is 17.5. The first-order valence-electron chi connectivity index (χ1n) is 14.7. The molecular weight excluding hydrogens is 453 g/mol. The molecule has 0 atom stereocenters. The van der Waals surface area contributed by atoms with Gasteiger partial charge in [-0.3, -0.25) is 0 Å². The Hall–Kier alpha value is -1.77. The molecule has 0 amide bonds. The molecule has 0 N–H and O–H groups in total. The lowest BCUT2D eigenvalue weighted by molar-refractivity contribution is 0.298. The van der Waals surface area contributed by atoms with Gasteiger partial charge in [-0.15, -0.1) is 0 Å². The summed E-state index contributed by atoms with van der Waals surface area (Å²) in [5.41, 5.74) is 3.08. The van der Waals surface area contributed by atoms with Crippen molar-refractivity contribution in [1.82, 2.24) is 0 Å².